The third-order valence-corrected chi connectivity index (χ3v) is 9.39. The molecule has 232 valence electrons. The lowest BCUT2D eigenvalue weighted by atomic mass is 9.64. The van der Waals surface area contributed by atoms with Crippen LogP contribution in [0.1, 0.15) is 168 Å². The molecule has 1 nitrogen and oxygen atoms in total. The van der Waals surface area contributed by atoms with E-state index in [-0.39, 0.29) is 14.9 Å². The fraction of sp³-hybridized carbons (Fsp3) is 0.946. The number of nitrogens with one attached hydrogen (secondary N) is 1. The molecule has 0 radical (unpaired) electrons. The molecule has 1 heteroatoms. The highest BCUT2D eigenvalue weighted by Crippen LogP contribution is 2.47. The Morgan fingerprint density at radius 3 is 2.05 bits per heavy atom. The lowest BCUT2D eigenvalue weighted by Gasteiger charge is -2.42. The van der Waals surface area contributed by atoms with E-state index < -0.39 is 0 Å². The predicted octanol–water partition coefficient (Wildman–Crippen LogP) is 12.6. The van der Waals surface area contributed by atoms with Gasteiger partial charge >= 0.3 is 0 Å². The van der Waals surface area contributed by atoms with E-state index in [1.165, 1.54) is 90.1 Å². The molecule has 0 aliphatic heterocycles. The van der Waals surface area contributed by atoms with Gasteiger partial charge in [0.15, 0.2) is 0 Å². The van der Waals surface area contributed by atoms with Crippen molar-refractivity contribution in [3.05, 3.63) is 12.2 Å². The lowest BCUT2D eigenvalue weighted by molar-refractivity contribution is 0.0902. The third kappa shape index (κ3) is 17.4. The molecule has 6 unspecified atom stereocenters. The topological polar surface area (TPSA) is 12.0 Å². The molecule has 0 heterocycles. The molecule has 0 spiro atoms. The maximum atomic E-state index is 3.77. The molecule has 2 fully saturated rings. The largest absolute Gasteiger partial charge is 0.316 e. The summed E-state index contributed by atoms with van der Waals surface area (Å²) < 4.78 is 0. The minimum Gasteiger partial charge on any atom is -0.316 e. The highest BCUT2D eigenvalue weighted by Gasteiger charge is 2.37. The summed E-state index contributed by atoms with van der Waals surface area (Å²) in [5.41, 5.74) is 0. The Kier molecular flexibility index (Phi) is 29.9. The predicted molar refractivity (Wildman–Crippen MR) is 180 cm³/mol. The first-order chi connectivity index (χ1) is 17.5. The van der Waals surface area contributed by atoms with Gasteiger partial charge < -0.3 is 5.32 Å². The zero-order chi connectivity index (χ0) is 27.3. The van der Waals surface area contributed by atoms with Gasteiger partial charge in [0.25, 0.3) is 0 Å². The third-order valence-electron chi connectivity index (χ3n) is 9.39. The zero-order valence-corrected chi connectivity index (χ0v) is 26.9. The molecule has 2 rings (SSSR count). The van der Waals surface area contributed by atoms with Crippen LogP contribution in [0, 0.1) is 47.3 Å². The Labute approximate surface area is 245 Å². The van der Waals surface area contributed by atoms with Crippen LogP contribution >= 0.6 is 0 Å². The second-order valence-corrected chi connectivity index (χ2v) is 12.2. The van der Waals surface area contributed by atoms with Crippen molar-refractivity contribution in [3.8, 4) is 0 Å². The van der Waals surface area contributed by atoms with Crippen LogP contribution in [0.4, 0.5) is 0 Å². The van der Waals surface area contributed by atoms with Crippen LogP contribution in [-0.2, 0) is 0 Å². The van der Waals surface area contributed by atoms with Crippen molar-refractivity contribution in [2.75, 3.05) is 13.1 Å². The van der Waals surface area contributed by atoms with Gasteiger partial charge in [0.05, 0.1) is 0 Å². The molecule has 2 saturated carbocycles. The zero-order valence-electron chi connectivity index (χ0n) is 26.9. The second-order valence-electron chi connectivity index (χ2n) is 12.2. The van der Waals surface area contributed by atoms with Crippen molar-refractivity contribution in [2.45, 2.75) is 168 Å². The first-order valence-corrected chi connectivity index (χ1v) is 16.8. The van der Waals surface area contributed by atoms with Crippen LogP contribution in [0.5, 0.6) is 0 Å². The minimum absolute atomic E-state index is 0. The lowest BCUT2D eigenvalue weighted by Crippen LogP contribution is -2.38. The monoisotopic (exact) mass is 538 g/mol. The van der Waals surface area contributed by atoms with Gasteiger partial charge in [-0.25, -0.2) is 0 Å². The Morgan fingerprint density at radius 1 is 0.842 bits per heavy atom. The summed E-state index contributed by atoms with van der Waals surface area (Å²) in [6, 6.07) is 0. The summed E-state index contributed by atoms with van der Waals surface area (Å²) in [5.74, 6) is 7.64. The summed E-state index contributed by atoms with van der Waals surface area (Å²) in [7, 11) is 0. The summed E-state index contributed by atoms with van der Waals surface area (Å²) in [4.78, 5) is 0. The number of allylic oxidation sites excluding steroid dienone is 2. The van der Waals surface area contributed by atoms with E-state index >= 15 is 0 Å². The van der Waals surface area contributed by atoms with Crippen LogP contribution in [0.2, 0.25) is 0 Å². The molecular weight excluding hydrogens is 458 g/mol. The Hall–Kier alpha value is -0.300. The van der Waals surface area contributed by atoms with Crippen LogP contribution in [-0.4, -0.2) is 13.1 Å². The summed E-state index contributed by atoms with van der Waals surface area (Å²) in [5, 5.41) is 3.77. The highest BCUT2D eigenvalue weighted by molar-refractivity contribution is 4.89. The summed E-state index contributed by atoms with van der Waals surface area (Å²) in [6.45, 7) is 24.7. The van der Waals surface area contributed by atoms with E-state index in [4.69, 9.17) is 0 Å². The van der Waals surface area contributed by atoms with E-state index in [9.17, 15) is 0 Å². The first-order valence-electron chi connectivity index (χ1n) is 16.8. The van der Waals surface area contributed by atoms with Gasteiger partial charge in [0.2, 0.25) is 0 Å². The first kappa shape index (κ1) is 42.2. The van der Waals surface area contributed by atoms with Crippen molar-refractivity contribution in [3.63, 3.8) is 0 Å². The van der Waals surface area contributed by atoms with Gasteiger partial charge in [-0.2, -0.15) is 0 Å². The summed E-state index contributed by atoms with van der Waals surface area (Å²) in [6.07, 6.45) is 23.6. The molecule has 2 aliphatic carbocycles. The molecule has 0 amide bonds. The van der Waals surface area contributed by atoms with Gasteiger partial charge in [-0.1, -0.05) is 141 Å². The number of hydrogen-bond donors (Lipinski definition) is 1. The average molecular weight is 538 g/mol. The molecule has 0 aromatic heterocycles. The standard InChI is InChI=1S/C31H59N.2C2H6.2CH4/c1-7-12-25(5)17-18-32-23-27-20-31(21-27)30(22-29-16-11-14-28(29)9-3)15-10-13-26(6)19-24(4)8-2;2*1-2;;/h7,12,24-32H,8-11,13-23H2,1-6H3;2*1-2H3;2*1H4/b12-7-;;;;. The number of rotatable bonds is 17. The summed E-state index contributed by atoms with van der Waals surface area (Å²) >= 11 is 0. The molecular formula is C37H79N. The van der Waals surface area contributed by atoms with Crippen molar-refractivity contribution in [2.24, 2.45) is 47.3 Å². The molecule has 2 aliphatic rings. The van der Waals surface area contributed by atoms with Gasteiger partial charge in [0, 0.05) is 0 Å². The molecule has 0 aromatic rings. The smallest absolute Gasteiger partial charge is 0.00203 e. The van der Waals surface area contributed by atoms with Crippen molar-refractivity contribution in [1.29, 1.82) is 0 Å². The van der Waals surface area contributed by atoms with E-state index in [1.54, 1.807) is 6.42 Å². The van der Waals surface area contributed by atoms with Gasteiger partial charge in [0.1, 0.15) is 0 Å². The van der Waals surface area contributed by atoms with E-state index in [0.29, 0.717) is 5.92 Å². The SMILES string of the molecule is C.C.C/C=C\C(C)CCNCC1CC(C(CCCC(C)CC(C)CC)CC2CCCC2CC)C1.CC.CC. The molecule has 0 aromatic carbocycles. The number of hydrogen-bond acceptors (Lipinski definition) is 1. The van der Waals surface area contributed by atoms with E-state index in [0.717, 1.165) is 41.4 Å². The minimum atomic E-state index is 0. The Morgan fingerprint density at radius 2 is 1.47 bits per heavy atom. The molecule has 0 bridgehead atoms. The molecule has 38 heavy (non-hydrogen) atoms. The normalized spacial score (nSPS) is 25.3. The van der Waals surface area contributed by atoms with Crippen LogP contribution < -0.4 is 5.32 Å². The fourth-order valence-corrected chi connectivity index (χ4v) is 7.00. The Balaban J connectivity index is -0.00000194. The van der Waals surface area contributed by atoms with Gasteiger partial charge in [-0.3, -0.25) is 0 Å². The fourth-order valence-electron chi connectivity index (χ4n) is 7.00. The van der Waals surface area contributed by atoms with Crippen molar-refractivity contribution >= 4 is 0 Å². The molecule has 1 N–H and O–H groups in total. The van der Waals surface area contributed by atoms with Crippen LogP contribution in [0.25, 0.3) is 0 Å². The van der Waals surface area contributed by atoms with Crippen molar-refractivity contribution in [1.82, 2.24) is 5.32 Å². The van der Waals surface area contributed by atoms with Crippen LogP contribution in [0.15, 0.2) is 12.2 Å². The van der Waals surface area contributed by atoms with Crippen LogP contribution in [0.3, 0.4) is 0 Å². The Bertz CT molecular complexity index is 491. The quantitative estimate of drug-likeness (QED) is 0.144. The van der Waals surface area contributed by atoms with Gasteiger partial charge in [-0.15, -0.1) is 0 Å². The molecule has 0 saturated heterocycles. The van der Waals surface area contributed by atoms with E-state index in [1.807, 2.05) is 27.7 Å². The maximum absolute atomic E-state index is 3.77. The average Bonchev–Trinajstić information content (AvgIpc) is 3.32. The highest BCUT2D eigenvalue weighted by atomic mass is 14.9. The van der Waals surface area contributed by atoms with Crippen molar-refractivity contribution < 1.29 is 0 Å². The van der Waals surface area contributed by atoms with Gasteiger partial charge in [-0.05, 0) is 99.5 Å². The maximum Gasteiger partial charge on any atom is -0.00203 e. The molecule has 6 atom stereocenters. The second kappa shape index (κ2) is 26.9. The van der Waals surface area contributed by atoms with E-state index in [2.05, 4.69) is 59.0 Å².